The highest BCUT2D eigenvalue weighted by molar-refractivity contribution is 6.32. The molecule has 0 saturated heterocycles. The van der Waals surface area contributed by atoms with Gasteiger partial charge in [-0.15, -0.1) is 0 Å². The zero-order valence-electron chi connectivity index (χ0n) is 13.6. The molecule has 3 aromatic rings. The van der Waals surface area contributed by atoms with Gasteiger partial charge in [-0.2, -0.15) is 5.26 Å². The average molecular weight is 386 g/mol. The van der Waals surface area contributed by atoms with Gasteiger partial charge in [0.15, 0.2) is 28.9 Å². The highest BCUT2D eigenvalue weighted by atomic mass is 35.5. The predicted molar refractivity (Wildman–Crippen MR) is 94.2 cm³/mol. The van der Waals surface area contributed by atoms with Crippen LogP contribution in [0, 0.1) is 23.0 Å². The Kier molecular flexibility index (Phi) is 3.90. The molecule has 1 heterocycles. The van der Waals surface area contributed by atoms with Gasteiger partial charge in [0.05, 0.1) is 16.8 Å². The van der Waals surface area contributed by atoms with E-state index in [1.807, 2.05) is 6.07 Å². The van der Waals surface area contributed by atoms with Crippen LogP contribution in [-0.4, -0.2) is 10.2 Å². The largest absolute Gasteiger partial charge is 0.505 e. The molecule has 134 valence electrons. The second kappa shape index (κ2) is 6.15. The number of aromatic hydroxyl groups is 2. The first-order valence-corrected chi connectivity index (χ1v) is 8.20. The number of halogens is 3. The molecule has 0 spiro atoms. The third kappa shape index (κ3) is 2.56. The Morgan fingerprint density at radius 1 is 1.15 bits per heavy atom. The summed E-state index contributed by atoms with van der Waals surface area (Å²) < 4.78 is 34.2. The first-order valence-electron chi connectivity index (χ1n) is 7.82. The molecule has 0 bridgehead atoms. The van der Waals surface area contributed by atoms with E-state index in [1.165, 1.54) is 24.5 Å². The minimum absolute atomic E-state index is 0.0843. The Balaban J connectivity index is 2.07. The zero-order chi connectivity index (χ0) is 19.3. The molecular weight excluding hydrogens is 376 g/mol. The number of nitriles is 1. The summed E-state index contributed by atoms with van der Waals surface area (Å²) in [4.78, 5) is 0. The summed E-state index contributed by atoms with van der Waals surface area (Å²) in [5.41, 5.74) is 1.80. The van der Waals surface area contributed by atoms with E-state index in [4.69, 9.17) is 16.0 Å². The molecule has 27 heavy (non-hydrogen) atoms. The van der Waals surface area contributed by atoms with Crippen LogP contribution < -0.4 is 0 Å². The summed E-state index contributed by atoms with van der Waals surface area (Å²) in [5, 5.41) is 28.5. The van der Waals surface area contributed by atoms with Gasteiger partial charge in [0.25, 0.3) is 0 Å². The van der Waals surface area contributed by atoms with E-state index in [1.54, 1.807) is 6.07 Å². The number of allylic oxidation sites excluding steroid dienone is 1. The molecule has 0 unspecified atom stereocenters. The molecule has 1 aliphatic carbocycles. The Labute approximate surface area is 157 Å². The second-order valence-corrected chi connectivity index (χ2v) is 6.43. The molecule has 0 amide bonds. The fourth-order valence-corrected chi connectivity index (χ4v) is 3.49. The summed E-state index contributed by atoms with van der Waals surface area (Å²) >= 11 is 5.89. The number of hydrogen-bond acceptors (Lipinski definition) is 4. The van der Waals surface area contributed by atoms with Crippen LogP contribution in [0.15, 0.2) is 41.0 Å². The van der Waals surface area contributed by atoms with Crippen LogP contribution in [0.5, 0.6) is 11.5 Å². The lowest BCUT2D eigenvalue weighted by Crippen LogP contribution is -1.94. The van der Waals surface area contributed by atoms with E-state index >= 15 is 0 Å². The van der Waals surface area contributed by atoms with Gasteiger partial charge in [0.2, 0.25) is 0 Å². The number of benzene rings is 2. The van der Waals surface area contributed by atoms with Crippen molar-refractivity contribution in [1.82, 2.24) is 0 Å². The normalized spacial score (nSPS) is 13.0. The number of rotatable bonds is 2. The zero-order valence-corrected chi connectivity index (χ0v) is 14.3. The lowest BCUT2D eigenvalue weighted by Gasteiger charge is -2.10. The highest BCUT2D eigenvalue weighted by Gasteiger charge is 2.32. The van der Waals surface area contributed by atoms with Crippen molar-refractivity contribution in [3.63, 3.8) is 0 Å². The van der Waals surface area contributed by atoms with Crippen LogP contribution in [0.4, 0.5) is 8.78 Å². The quantitative estimate of drug-likeness (QED) is 0.650. The van der Waals surface area contributed by atoms with Gasteiger partial charge in [-0.3, -0.25) is 0 Å². The maximum Gasteiger partial charge on any atom is 0.173 e. The smallest absolute Gasteiger partial charge is 0.173 e. The molecule has 2 aromatic carbocycles. The van der Waals surface area contributed by atoms with Crippen molar-refractivity contribution >= 4 is 22.7 Å². The number of phenolic OH excluding ortho intramolecular Hbond substituents is 2. The van der Waals surface area contributed by atoms with Crippen LogP contribution in [-0.2, 0) is 6.42 Å². The highest BCUT2D eigenvalue weighted by Crippen LogP contribution is 2.47. The minimum Gasteiger partial charge on any atom is -0.505 e. The van der Waals surface area contributed by atoms with Crippen molar-refractivity contribution in [1.29, 1.82) is 5.26 Å². The van der Waals surface area contributed by atoms with Crippen LogP contribution in [0.1, 0.15) is 28.0 Å². The van der Waals surface area contributed by atoms with Crippen LogP contribution in [0.25, 0.3) is 11.1 Å². The van der Waals surface area contributed by atoms with E-state index < -0.39 is 23.1 Å². The molecule has 1 aromatic heterocycles. The summed E-state index contributed by atoms with van der Waals surface area (Å²) in [7, 11) is 0. The number of hydrogen-bond donors (Lipinski definition) is 2. The fraction of sp³-hybridized carbons (Fsp3) is 0.0500. The first kappa shape index (κ1) is 17.1. The maximum atomic E-state index is 14.7. The molecule has 7 heteroatoms. The van der Waals surface area contributed by atoms with Crippen LogP contribution in [0.3, 0.4) is 0 Å². The maximum absolute atomic E-state index is 14.7. The Morgan fingerprint density at radius 2 is 1.93 bits per heavy atom. The van der Waals surface area contributed by atoms with Crippen LogP contribution >= 0.6 is 11.6 Å². The van der Waals surface area contributed by atoms with E-state index in [-0.39, 0.29) is 33.9 Å². The topological polar surface area (TPSA) is 77.4 Å². The molecule has 0 fully saturated rings. The molecule has 0 saturated carbocycles. The number of furan rings is 1. The van der Waals surface area contributed by atoms with Crippen molar-refractivity contribution in [2.45, 2.75) is 6.42 Å². The fourth-order valence-electron chi connectivity index (χ4n) is 3.28. The Bertz CT molecular complexity index is 1150. The molecular formula is C20H10ClF2NO3. The van der Waals surface area contributed by atoms with Crippen LogP contribution in [0.2, 0.25) is 5.02 Å². The molecule has 0 aliphatic heterocycles. The first-order chi connectivity index (χ1) is 12.9. The molecule has 1 aliphatic rings. The van der Waals surface area contributed by atoms with E-state index in [9.17, 15) is 24.3 Å². The molecule has 4 rings (SSSR count). The molecule has 2 N–H and O–H groups in total. The second-order valence-electron chi connectivity index (χ2n) is 6.03. The van der Waals surface area contributed by atoms with Crippen molar-refractivity contribution in [3.05, 3.63) is 81.3 Å². The Hall–Kier alpha value is -3.30. The SMILES string of the molecule is N#Cc1ccoc1C1=C(c2cc(F)c(O)c(Cl)c2)Cc2ccc(O)c(F)c21. The standard InChI is InChI=1S/C20H10ClF2NO3/c21-13-6-11(7-14(22)19(13)26)12-5-9-1-2-15(25)18(23)16(9)17(12)20-10(8-24)3-4-27-20/h1-4,6-7,25-26H,5H2. The van der Waals surface area contributed by atoms with Crippen molar-refractivity contribution in [2.24, 2.45) is 0 Å². The van der Waals surface area contributed by atoms with Gasteiger partial charge in [-0.25, -0.2) is 8.78 Å². The van der Waals surface area contributed by atoms with Crippen molar-refractivity contribution in [2.75, 3.05) is 0 Å². The van der Waals surface area contributed by atoms with E-state index in [0.29, 0.717) is 16.7 Å². The molecule has 0 atom stereocenters. The predicted octanol–water partition coefficient (Wildman–Crippen LogP) is 5.01. The summed E-state index contributed by atoms with van der Waals surface area (Å²) in [6.07, 6.45) is 1.50. The number of nitrogens with zero attached hydrogens (tertiary/aromatic N) is 1. The lowest BCUT2D eigenvalue weighted by molar-refractivity contribution is 0.431. The number of fused-ring (bicyclic) bond motifs is 1. The average Bonchev–Trinajstić information content (AvgIpc) is 3.26. The van der Waals surface area contributed by atoms with Gasteiger partial charge < -0.3 is 14.6 Å². The minimum atomic E-state index is -0.927. The Morgan fingerprint density at radius 3 is 2.63 bits per heavy atom. The van der Waals surface area contributed by atoms with Crippen molar-refractivity contribution in [3.8, 4) is 17.6 Å². The third-order valence-electron chi connectivity index (χ3n) is 4.50. The van der Waals surface area contributed by atoms with Gasteiger partial charge >= 0.3 is 0 Å². The van der Waals surface area contributed by atoms with Gasteiger partial charge in [0.1, 0.15) is 6.07 Å². The molecule has 0 radical (unpaired) electrons. The van der Waals surface area contributed by atoms with E-state index in [0.717, 1.165) is 6.07 Å². The summed E-state index contributed by atoms with van der Waals surface area (Å²) in [5.74, 6) is -2.91. The lowest BCUT2D eigenvalue weighted by atomic mass is 9.96. The van der Waals surface area contributed by atoms with Gasteiger partial charge in [-0.05, 0) is 47.4 Å². The third-order valence-corrected chi connectivity index (χ3v) is 4.79. The molecule has 4 nitrogen and oxygen atoms in total. The number of phenols is 2. The summed E-state index contributed by atoms with van der Waals surface area (Å²) in [6, 6.07) is 8.61. The van der Waals surface area contributed by atoms with Crippen molar-refractivity contribution < 1.29 is 23.4 Å². The van der Waals surface area contributed by atoms with Gasteiger partial charge in [-0.1, -0.05) is 17.7 Å². The monoisotopic (exact) mass is 385 g/mol. The van der Waals surface area contributed by atoms with Gasteiger partial charge in [0, 0.05) is 11.1 Å². The summed E-state index contributed by atoms with van der Waals surface area (Å²) in [6.45, 7) is 0. The van der Waals surface area contributed by atoms with E-state index in [2.05, 4.69) is 0 Å².